The molecule has 1 heterocycles. The van der Waals surface area contributed by atoms with Gasteiger partial charge in [-0.05, 0) is 6.92 Å². The molecule has 1 fully saturated rings. The lowest BCUT2D eigenvalue weighted by molar-refractivity contribution is -0.248. The molecule has 8 heteroatoms. The summed E-state index contributed by atoms with van der Waals surface area (Å²) in [6.07, 6.45) is -4.55. The van der Waals surface area contributed by atoms with E-state index in [1.807, 2.05) is 0 Å². The van der Waals surface area contributed by atoms with Crippen molar-refractivity contribution in [3.63, 3.8) is 0 Å². The molecule has 0 aromatic carbocycles. The van der Waals surface area contributed by atoms with Crippen molar-refractivity contribution in [2.24, 2.45) is 0 Å². The fraction of sp³-hybridized carbons (Fsp3) is 0.769. The second-order valence-electron chi connectivity index (χ2n) is 4.78. The van der Waals surface area contributed by atoms with Gasteiger partial charge in [0.05, 0.1) is 12.7 Å². The van der Waals surface area contributed by atoms with E-state index >= 15 is 0 Å². The Hall–Kier alpha value is -1.67. The summed E-state index contributed by atoms with van der Waals surface area (Å²) in [6.45, 7) is 4.74. The smallest absolute Gasteiger partial charge is 0.303 e. The summed E-state index contributed by atoms with van der Waals surface area (Å²) >= 11 is 0. The Balaban J connectivity index is 3.08. The van der Waals surface area contributed by atoms with Crippen LogP contribution in [0.1, 0.15) is 27.7 Å². The molecule has 0 bridgehead atoms. The van der Waals surface area contributed by atoms with Crippen LogP contribution in [-0.4, -0.2) is 60.1 Å². The van der Waals surface area contributed by atoms with Crippen molar-refractivity contribution in [3.05, 3.63) is 0 Å². The second kappa shape index (κ2) is 7.37. The number of carbonyl (C=O) groups excluding carboxylic acids is 3. The molecule has 1 N–H and O–H groups in total. The Morgan fingerprint density at radius 3 is 1.76 bits per heavy atom. The Morgan fingerprint density at radius 2 is 1.33 bits per heavy atom. The van der Waals surface area contributed by atoms with Crippen molar-refractivity contribution in [2.45, 2.75) is 58.2 Å². The van der Waals surface area contributed by atoms with Crippen LogP contribution in [-0.2, 0) is 33.3 Å². The number of ether oxygens (including phenoxy) is 4. The van der Waals surface area contributed by atoms with E-state index in [0.717, 1.165) is 0 Å². The molecule has 8 nitrogen and oxygen atoms in total. The number of aliphatic hydroxyl groups excluding tert-OH is 1. The van der Waals surface area contributed by atoms with E-state index < -0.39 is 55.0 Å². The van der Waals surface area contributed by atoms with Gasteiger partial charge in [0.25, 0.3) is 0 Å². The summed E-state index contributed by atoms with van der Waals surface area (Å²) in [7, 11) is 0. The summed E-state index contributed by atoms with van der Waals surface area (Å²) in [5.41, 5.74) is 0. The van der Waals surface area contributed by atoms with Gasteiger partial charge in [-0.3, -0.25) is 14.4 Å². The highest BCUT2D eigenvalue weighted by atomic mass is 16.6. The maximum absolute atomic E-state index is 11.3. The second-order valence-corrected chi connectivity index (χ2v) is 4.78. The molecule has 0 spiro atoms. The molecule has 0 aliphatic carbocycles. The summed E-state index contributed by atoms with van der Waals surface area (Å²) in [6, 6.07) is 0. The Bertz CT molecular complexity index is 407. The minimum atomic E-state index is -1.06. The maximum Gasteiger partial charge on any atom is 0.303 e. The molecular weight excluding hydrogens is 284 g/mol. The van der Waals surface area contributed by atoms with Gasteiger partial charge in [0.15, 0.2) is 18.3 Å². The van der Waals surface area contributed by atoms with Crippen LogP contribution in [0.5, 0.6) is 0 Å². The molecular formula is C13H20O8. The molecule has 0 aromatic heterocycles. The molecule has 0 amide bonds. The van der Waals surface area contributed by atoms with Crippen molar-refractivity contribution in [2.75, 3.05) is 6.61 Å². The van der Waals surface area contributed by atoms with E-state index in [1.54, 1.807) is 6.92 Å². The van der Waals surface area contributed by atoms with Gasteiger partial charge in [0, 0.05) is 20.8 Å². The molecule has 1 saturated heterocycles. The first-order valence-electron chi connectivity index (χ1n) is 6.54. The number of rotatable bonds is 4. The third-order valence-corrected chi connectivity index (χ3v) is 2.95. The number of carbonyl (C=O) groups is 3. The van der Waals surface area contributed by atoms with E-state index in [1.165, 1.54) is 20.8 Å². The SMILES string of the molecule is CC(=O)O[C@@H]1[C@@H](OC(C)=O)[C@H](OC(C)=O)C(CO)O[C@H]1C. The zero-order valence-corrected chi connectivity index (χ0v) is 12.4. The Labute approximate surface area is 122 Å². The molecule has 120 valence electrons. The number of esters is 3. The van der Waals surface area contributed by atoms with Crippen LogP contribution in [0.4, 0.5) is 0 Å². The van der Waals surface area contributed by atoms with Gasteiger partial charge in [0.2, 0.25) is 0 Å². The van der Waals surface area contributed by atoms with Crippen molar-refractivity contribution in [1.29, 1.82) is 0 Å². The van der Waals surface area contributed by atoms with Gasteiger partial charge in [-0.2, -0.15) is 0 Å². The third kappa shape index (κ3) is 4.68. The summed E-state index contributed by atoms with van der Waals surface area (Å²) in [5.74, 6) is -1.84. The van der Waals surface area contributed by atoms with E-state index in [-0.39, 0.29) is 0 Å². The van der Waals surface area contributed by atoms with Crippen LogP contribution in [0.2, 0.25) is 0 Å². The van der Waals surface area contributed by atoms with Crippen molar-refractivity contribution >= 4 is 17.9 Å². The molecule has 1 aliphatic rings. The summed E-state index contributed by atoms with van der Waals surface area (Å²) in [5, 5.41) is 9.35. The highest BCUT2D eigenvalue weighted by Gasteiger charge is 2.49. The van der Waals surface area contributed by atoms with Gasteiger partial charge in [-0.25, -0.2) is 0 Å². The lowest BCUT2D eigenvalue weighted by atomic mass is 9.95. The monoisotopic (exact) mass is 304 g/mol. The molecule has 1 unspecified atom stereocenters. The standard InChI is InChI=1S/C13H20O8/c1-6-11(19-7(2)15)13(21-9(4)17)12(20-8(3)16)10(5-14)18-6/h6,10-14H,5H2,1-4H3/t6-,10?,11-,12+,13+/m0/s1. The zero-order chi connectivity index (χ0) is 16.2. The largest absolute Gasteiger partial charge is 0.456 e. The van der Waals surface area contributed by atoms with Gasteiger partial charge < -0.3 is 24.1 Å². The first-order chi connectivity index (χ1) is 9.76. The van der Waals surface area contributed by atoms with E-state index in [9.17, 15) is 19.5 Å². The third-order valence-electron chi connectivity index (χ3n) is 2.95. The van der Waals surface area contributed by atoms with Gasteiger partial charge in [-0.1, -0.05) is 0 Å². The van der Waals surface area contributed by atoms with Crippen LogP contribution in [0.3, 0.4) is 0 Å². The average molecular weight is 304 g/mol. The lowest BCUT2D eigenvalue weighted by Gasteiger charge is -2.43. The molecule has 0 radical (unpaired) electrons. The van der Waals surface area contributed by atoms with Crippen LogP contribution in [0.25, 0.3) is 0 Å². The normalized spacial score (nSPS) is 32.1. The van der Waals surface area contributed by atoms with Crippen molar-refractivity contribution in [3.8, 4) is 0 Å². The number of hydrogen-bond donors (Lipinski definition) is 1. The Kier molecular flexibility index (Phi) is 6.10. The molecule has 1 aliphatic heterocycles. The molecule has 1 rings (SSSR count). The quantitative estimate of drug-likeness (QED) is 0.550. The average Bonchev–Trinajstić information content (AvgIpc) is 2.35. The molecule has 21 heavy (non-hydrogen) atoms. The minimum Gasteiger partial charge on any atom is -0.456 e. The van der Waals surface area contributed by atoms with Gasteiger partial charge in [-0.15, -0.1) is 0 Å². The fourth-order valence-corrected chi connectivity index (χ4v) is 2.26. The van der Waals surface area contributed by atoms with Crippen molar-refractivity contribution < 1.29 is 38.4 Å². The highest BCUT2D eigenvalue weighted by Crippen LogP contribution is 2.28. The minimum absolute atomic E-state index is 0.438. The van der Waals surface area contributed by atoms with E-state index in [2.05, 4.69) is 0 Å². The lowest BCUT2D eigenvalue weighted by Crippen LogP contribution is -2.61. The van der Waals surface area contributed by atoms with Crippen LogP contribution < -0.4 is 0 Å². The first-order valence-corrected chi connectivity index (χ1v) is 6.54. The number of hydrogen-bond acceptors (Lipinski definition) is 8. The summed E-state index contributed by atoms with van der Waals surface area (Å²) < 4.78 is 20.8. The number of aliphatic hydroxyl groups is 1. The first kappa shape index (κ1) is 17.4. The predicted octanol–water partition coefficient (Wildman–Crippen LogP) is -0.439. The summed E-state index contributed by atoms with van der Waals surface area (Å²) in [4.78, 5) is 33.7. The van der Waals surface area contributed by atoms with E-state index in [0.29, 0.717) is 0 Å². The van der Waals surface area contributed by atoms with Crippen LogP contribution >= 0.6 is 0 Å². The van der Waals surface area contributed by atoms with Crippen molar-refractivity contribution in [1.82, 2.24) is 0 Å². The molecule has 0 saturated carbocycles. The fourth-order valence-electron chi connectivity index (χ4n) is 2.26. The Morgan fingerprint density at radius 1 is 0.905 bits per heavy atom. The zero-order valence-electron chi connectivity index (χ0n) is 12.4. The topological polar surface area (TPSA) is 108 Å². The molecule has 5 atom stereocenters. The van der Waals surface area contributed by atoms with Crippen LogP contribution in [0, 0.1) is 0 Å². The maximum atomic E-state index is 11.3. The molecule has 0 aromatic rings. The van der Waals surface area contributed by atoms with Gasteiger partial charge in [0.1, 0.15) is 6.10 Å². The van der Waals surface area contributed by atoms with Gasteiger partial charge >= 0.3 is 17.9 Å². The van der Waals surface area contributed by atoms with Crippen LogP contribution in [0.15, 0.2) is 0 Å². The highest BCUT2D eigenvalue weighted by molar-refractivity contribution is 5.68. The van der Waals surface area contributed by atoms with E-state index in [4.69, 9.17) is 18.9 Å². The predicted molar refractivity (Wildman–Crippen MR) is 68.1 cm³/mol.